The number of ketones is 1. The van der Waals surface area contributed by atoms with Crippen LogP contribution in [0.4, 0.5) is 0 Å². The van der Waals surface area contributed by atoms with Crippen LogP contribution in [-0.4, -0.2) is 17.0 Å². The van der Waals surface area contributed by atoms with E-state index < -0.39 is 0 Å². The lowest BCUT2D eigenvalue weighted by Gasteiger charge is -2.14. The topological polar surface area (TPSA) is 37.3 Å². The van der Waals surface area contributed by atoms with Gasteiger partial charge >= 0.3 is 0 Å². The molecule has 0 heterocycles. The number of rotatable bonds is 3. The molecule has 0 saturated heterocycles. The van der Waals surface area contributed by atoms with Crippen molar-refractivity contribution in [1.29, 1.82) is 0 Å². The van der Waals surface area contributed by atoms with Crippen molar-refractivity contribution in [2.75, 3.05) is 0 Å². The van der Waals surface area contributed by atoms with Crippen molar-refractivity contribution in [2.45, 2.75) is 45.1 Å². The second-order valence-corrected chi connectivity index (χ2v) is 3.32. The van der Waals surface area contributed by atoms with Crippen molar-refractivity contribution in [3.05, 3.63) is 0 Å². The average Bonchev–Trinajstić information content (AvgIpc) is 2.36. The summed E-state index contributed by atoms with van der Waals surface area (Å²) in [7, 11) is 0. The summed E-state index contributed by atoms with van der Waals surface area (Å²) in [6, 6.07) is 0. The van der Waals surface area contributed by atoms with Gasteiger partial charge in [0.05, 0.1) is 6.10 Å². The van der Waals surface area contributed by atoms with E-state index >= 15 is 0 Å². The van der Waals surface area contributed by atoms with Gasteiger partial charge in [0, 0.05) is 12.3 Å². The highest BCUT2D eigenvalue weighted by atomic mass is 16.3. The monoisotopic (exact) mass is 156 g/mol. The van der Waals surface area contributed by atoms with E-state index in [0.29, 0.717) is 6.42 Å². The number of carbonyl (C=O) groups is 1. The third kappa shape index (κ3) is 2.03. The first kappa shape index (κ1) is 8.72. The molecule has 64 valence electrons. The van der Waals surface area contributed by atoms with Crippen LogP contribution < -0.4 is 0 Å². The molecule has 2 unspecified atom stereocenters. The van der Waals surface area contributed by atoms with Crippen LogP contribution in [0.1, 0.15) is 39.0 Å². The molecular formula is C9H16O2. The van der Waals surface area contributed by atoms with Gasteiger partial charge in [0.1, 0.15) is 5.78 Å². The van der Waals surface area contributed by atoms with E-state index in [1.165, 1.54) is 0 Å². The summed E-state index contributed by atoms with van der Waals surface area (Å²) < 4.78 is 0. The fourth-order valence-corrected chi connectivity index (χ4v) is 1.75. The van der Waals surface area contributed by atoms with Crippen LogP contribution >= 0.6 is 0 Å². The van der Waals surface area contributed by atoms with Gasteiger partial charge in [-0.3, -0.25) is 4.79 Å². The van der Waals surface area contributed by atoms with Crippen molar-refractivity contribution in [1.82, 2.24) is 0 Å². The molecule has 0 aromatic heterocycles. The maximum Gasteiger partial charge on any atom is 0.138 e. The quantitative estimate of drug-likeness (QED) is 0.672. The summed E-state index contributed by atoms with van der Waals surface area (Å²) in [5.74, 6) is 0.237. The summed E-state index contributed by atoms with van der Waals surface area (Å²) in [5, 5.41) is 9.50. The smallest absolute Gasteiger partial charge is 0.138 e. The Labute approximate surface area is 67.6 Å². The maximum absolute atomic E-state index is 11.1. The zero-order chi connectivity index (χ0) is 8.27. The number of hydrogen-bond acceptors (Lipinski definition) is 2. The van der Waals surface area contributed by atoms with Crippen molar-refractivity contribution in [2.24, 2.45) is 5.92 Å². The van der Waals surface area contributed by atoms with Crippen LogP contribution in [0.5, 0.6) is 0 Å². The van der Waals surface area contributed by atoms with E-state index in [9.17, 15) is 9.90 Å². The largest absolute Gasteiger partial charge is 0.392 e. The summed E-state index contributed by atoms with van der Waals surface area (Å²) in [6.45, 7) is 2.03. The Morgan fingerprint density at radius 1 is 1.73 bits per heavy atom. The molecule has 1 N–H and O–H groups in total. The standard InChI is InChI=1S/C9H16O2/c1-2-4-8(10)7-5-3-6-9(7)11/h7-8,10H,2-6H2,1H3. The summed E-state index contributed by atoms with van der Waals surface area (Å²) in [4.78, 5) is 11.1. The Morgan fingerprint density at radius 3 is 2.91 bits per heavy atom. The van der Waals surface area contributed by atoms with Crippen LogP contribution in [0.25, 0.3) is 0 Å². The van der Waals surface area contributed by atoms with E-state index in [0.717, 1.165) is 25.7 Å². The molecular weight excluding hydrogens is 140 g/mol. The van der Waals surface area contributed by atoms with E-state index in [1.807, 2.05) is 6.92 Å². The molecule has 0 amide bonds. The fourth-order valence-electron chi connectivity index (χ4n) is 1.75. The SMILES string of the molecule is CCCC(O)C1CCCC1=O. The van der Waals surface area contributed by atoms with Crippen LogP contribution in [0.2, 0.25) is 0 Å². The molecule has 0 bridgehead atoms. The predicted molar refractivity (Wildman–Crippen MR) is 43.3 cm³/mol. The molecule has 2 atom stereocenters. The van der Waals surface area contributed by atoms with E-state index in [2.05, 4.69) is 0 Å². The summed E-state index contributed by atoms with van der Waals surface area (Å²) >= 11 is 0. The minimum atomic E-state index is -0.366. The molecule has 2 nitrogen and oxygen atoms in total. The minimum Gasteiger partial charge on any atom is -0.392 e. The Morgan fingerprint density at radius 2 is 2.45 bits per heavy atom. The van der Waals surface area contributed by atoms with Crippen LogP contribution in [0.15, 0.2) is 0 Å². The van der Waals surface area contributed by atoms with E-state index in [1.54, 1.807) is 0 Å². The van der Waals surface area contributed by atoms with Crippen LogP contribution in [0, 0.1) is 5.92 Å². The number of aliphatic hydroxyl groups is 1. The molecule has 0 spiro atoms. The summed E-state index contributed by atoms with van der Waals surface area (Å²) in [6.07, 6.45) is 3.94. The van der Waals surface area contributed by atoms with Gasteiger partial charge in [0.25, 0.3) is 0 Å². The molecule has 11 heavy (non-hydrogen) atoms. The average molecular weight is 156 g/mol. The lowest BCUT2D eigenvalue weighted by molar-refractivity contribution is -0.123. The maximum atomic E-state index is 11.1. The molecule has 0 aromatic rings. The van der Waals surface area contributed by atoms with Gasteiger partial charge in [-0.2, -0.15) is 0 Å². The molecule has 1 aliphatic rings. The molecule has 1 aliphatic carbocycles. The van der Waals surface area contributed by atoms with Gasteiger partial charge < -0.3 is 5.11 Å². The third-order valence-electron chi connectivity index (χ3n) is 2.40. The fraction of sp³-hybridized carbons (Fsp3) is 0.889. The summed E-state index contributed by atoms with van der Waals surface area (Å²) in [5.41, 5.74) is 0. The highest BCUT2D eigenvalue weighted by Gasteiger charge is 2.29. The molecule has 1 saturated carbocycles. The molecule has 0 aromatic carbocycles. The molecule has 1 fully saturated rings. The van der Waals surface area contributed by atoms with Crippen LogP contribution in [-0.2, 0) is 4.79 Å². The Balaban J connectivity index is 2.39. The Bertz CT molecular complexity index is 142. The van der Waals surface area contributed by atoms with Gasteiger partial charge in [-0.15, -0.1) is 0 Å². The van der Waals surface area contributed by atoms with E-state index in [-0.39, 0.29) is 17.8 Å². The molecule has 1 rings (SSSR count). The second kappa shape index (κ2) is 3.86. The normalized spacial score (nSPS) is 27.5. The van der Waals surface area contributed by atoms with Crippen molar-refractivity contribution >= 4 is 5.78 Å². The first-order valence-electron chi connectivity index (χ1n) is 4.46. The Hall–Kier alpha value is -0.370. The second-order valence-electron chi connectivity index (χ2n) is 3.32. The third-order valence-corrected chi connectivity index (χ3v) is 2.40. The van der Waals surface area contributed by atoms with Gasteiger partial charge in [0.15, 0.2) is 0 Å². The van der Waals surface area contributed by atoms with Crippen molar-refractivity contribution in [3.8, 4) is 0 Å². The number of hydrogen-bond donors (Lipinski definition) is 1. The number of Topliss-reactive ketones (excluding diaryl/α,β-unsaturated/α-hetero) is 1. The zero-order valence-electron chi connectivity index (χ0n) is 7.05. The number of aliphatic hydroxyl groups excluding tert-OH is 1. The van der Waals surface area contributed by atoms with Crippen LogP contribution in [0.3, 0.4) is 0 Å². The predicted octanol–water partition coefficient (Wildman–Crippen LogP) is 1.52. The minimum absolute atomic E-state index is 0.0325. The molecule has 0 radical (unpaired) electrons. The molecule has 0 aliphatic heterocycles. The van der Waals surface area contributed by atoms with Gasteiger partial charge in [0.2, 0.25) is 0 Å². The highest BCUT2D eigenvalue weighted by molar-refractivity contribution is 5.83. The lowest BCUT2D eigenvalue weighted by atomic mass is 9.96. The van der Waals surface area contributed by atoms with Crippen molar-refractivity contribution < 1.29 is 9.90 Å². The number of carbonyl (C=O) groups excluding carboxylic acids is 1. The van der Waals surface area contributed by atoms with Gasteiger partial charge in [-0.1, -0.05) is 13.3 Å². The first-order chi connectivity index (χ1) is 5.25. The lowest BCUT2D eigenvalue weighted by Crippen LogP contribution is -2.23. The van der Waals surface area contributed by atoms with E-state index in [4.69, 9.17) is 0 Å². The first-order valence-corrected chi connectivity index (χ1v) is 4.46. The van der Waals surface area contributed by atoms with Gasteiger partial charge in [-0.05, 0) is 19.3 Å². The van der Waals surface area contributed by atoms with Gasteiger partial charge in [-0.25, -0.2) is 0 Å². The highest BCUT2D eigenvalue weighted by Crippen LogP contribution is 2.26. The molecule has 2 heteroatoms. The Kier molecular flexibility index (Phi) is 3.06. The van der Waals surface area contributed by atoms with Crippen molar-refractivity contribution in [3.63, 3.8) is 0 Å². The zero-order valence-corrected chi connectivity index (χ0v) is 7.05.